The summed E-state index contributed by atoms with van der Waals surface area (Å²) in [6, 6.07) is 5.08. The summed E-state index contributed by atoms with van der Waals surface area (Å²) < 4.78 is 41.0. The van der Waals surface area contributed by atoms with Crippen molar-refractivity contribution >= 4 is 5.96 Å². The number of guanidine groups is 1. The molecule has 1 fully saturated rings. The summed E-state index contributed by atoms with van der Waals surface area (Å²) >= 11 is 0. The van der Waals surface area contributed by atoms with Crippen molar-refractivity contribution < 1.29 is 23.0 Å². The molecule has 0 bridgehead atoms. The highest BCUT2D eigenvalue weighted by molar-refractivity contribution is 5.79. The van der Waals surface area contributed by atoms with Crippen LogP contribution in [0.2, 0.25) is 0 Å². The lowest BCUT2D eigenvalue weighted by molar-refractivity contribution is -0.0520. The van der Waals surface area contributed by atoms with Crippen molar-refractivity contribution in [1.82, 2.24) is 10.6 Å². The van der Waals surface area contributed by atoms with Crippen molar-refractivity contribution in [3.8, 4) is 11.5 Å². The molecule has 0 spiro atoms. The molecular weight excluding hydrogens is 368 g/mol. The molecule has 1 aromatic rings. The number of methoxy groups -OCH3 is 1. The second-order valence-corrected chi connectivity index (χ2v) is 6.85. The van der Waals surface area contributed by atoms with Crippen LogP contribution in [0.5, 0.6) is 11.5 Å². The van der Waals surface area contributed by atoms with Gasteiger partial charge in [0.15, 0.2) is 17.5 Å². The normalized spacial score (nSPS) is 15.4. The second-order valence-electron chi connectivity index (χ2n) is 6.85. The number of aliphatic imine (C=N–C) groups is 1. The van der Waals surface area contributed by atoms with E-state index in [1.807, 2.05) is 6.92 Å². The number of nitrogens with one attached hydrogen (secondary N) is 2. The van der Waals surface area contributed by atoms with Gasteiger partial charge in [-0.05, 0) is 44.6 Å². The molecule has 0 atom stereocenters. The van der Waals surface area contributed by atoms with Gasteiger partial charge in [-0.15, -0.1) is 0 Å². The van der Waals surface area contributed by atoms with Crippen molar-refractivity contribution in [1.29, 1.82) is 0 Å². The van der Waals surface area contributed by atoms with Crippen molar-refractivity contribution in [2.24, 2.45) is 10.4 Å². The van der Waals surface area contributed by atoms with E-state index in [2.05, 4.69) is 15.6 Å². The second kappa shape index (κ2) is 11.0. The average molecular weight is 399 g/mol. The Bertz CT molecular complexity index is 637. The molecule has 0 aliphatic heterocycles. The van der Waals surface area contributed by atoms with Gasteiger partial charge < -0.3 is 24.8 Å². The maximum absolute atomic E-state index is 12.9. The molecule has 0 heterocycles. The summed E-state index contributed by atoms with van der Waals surface area (Å²) in [7, 11) is 1.71. The smallest absolute Gasteiger partial charge is 0.387 e. The van der Waals surface area contributed by atoms with Crippen LogP contribution in [0.25, 0.3) is 0 Å². The van der Waals surface area contributed by atoms with Crippen molar-refractivity contribution in [3.63, 3.8) is 0 Å². The zero-order valence-electron chi connectivity index (χ0n) is 16.9. The zero-order chi connectivity index (χ0) is 20.4. The van der Waals surface area contributed by atoms with Gasteiger partial charge in [0.2, 0.25) is 0 Å². The van der Waals surface area contributed by atoms with E-state index in [1.54, 1.807) is 32.2 Å². The molecule has 2 N–H and O–H groups in total. The van der Waals surface area contributed by atoms with Crippen LogP contribution in [0.3, 0.4) is 0 Å². The maximum atomic E-state index is 12.9. The number of rotatable bonds is 12. The molecule has 1 aliphatic carbocycles. The van der Waals surface area contributed by atoms with E-state index < -0.39 is 6.61 Å². The van der Waals surface area contributed by atoms with E-state index in [4.69, 9.17) is 14.2 Å². The van der Waals surface area contributed by atoms with E-state index >= 15 is 0 Å². The molecule has 0 aromatic heterocycles. The van der Waals surface area contributed by atoms with E-state index in [9.17, 15) is 8.78 Å². The molecule has 1 aliphatic rings. The number of para-hydroxylation sites is 1. The largest absolute Gasteiger partial charge is 0.490 e. The molecule has 158 valence electrons. The molecule has 0 amide bonds. The summed E-state index contributed by atoms with van der Waals surface area (Å²) in [4.78, 5) is 4.55. The Morgan fingerprint density at radius 1 is 1.25 bits per heavy atom. The fourth-order valence-electron chi connectivity index (χ4n) is 2.97. The summed E-state index contributed by atoms with van der Waals surface area (Å²) in [6.07, 6.45) is 3.36. The Hall–Kier alpha value is -2.09. The number of hydrogen-bond donors (Lipinski definition) is 2. The zero-order valence-corrected chi connectivity index (χ0v) is 16.9. The molecule has 1 saturated carbocycles. The molecule has 1 aromatic carbocycles. The Morgan fingerprint density at radius 2 is 2.04 bits per heavy atom. The van der Waals surface area contributed by atoms with E-state index in [1.165, 1.54) is 12.8 Å². The molecule has 2 rings (SSSR count). The summed E-state index contributed by atoms with van der Waals surface area (Å²) in [6.45, 7) is 3.67. The number of halogens is 2. The first-order valence-electron chi connectivity index (χ1n) is 9.74. The van der Waals surface area contributed by atoms with Crippen molar-refractivity contribution in [2.45, 2.75) is 46.3 Å². The van der Waals surface area contributed by atoms with Crippen LogP contribution >= 0.6 is 0 Å². The molecule has 8 heteroatoms. The average Bonchev–Trinajstić information content (AvgIpc) is 3.44. The predicted molar refractivity (Wildman–Crippen MR) is 105 cm³/mol. The molecule has 0 unspecified atom stereocenters. The highest BCUT2D eigenvalue weighted by Gasteiger charge is 2.41. The summed E-state index contributed by atoms with van der Waals surface area (Å²) in [5.41, 5.74) is 0.814. The van der Waals surface area contributed by atoms with Crippen LogP contribution in [0.15, 0.2) is 23.2 Å². The lowest BCUT2D eigenvalue weighted by Crippen LogP contribution is -2.40. The number of hydrogen-bond acceptors (Lipinski definition) is 4. The van der Waals surface area contributed by atoms with Gasteiger partial charge in [0.1, 0.15) is 0 Å². The topological polar surface area (TPSA) is 64.1 Å². The van der Waals surface area contributed by atoms with Crippen LogP contribution in [-0.2, 0) is 11.3 Å². The molecule has 0 saturated heterocycles. The highest BCUT2D eigenvalue weighted by atomic mass is 19.3. The number of alkyl halides is 2. The first kappa shape index (κ1) is 22.2. The summed E-state index contributed by atoms with van der Waals surface area (Å²) in [5.74, 6) is 0.985. The highest BCUT2D eigenvalue weighted by Crippen LogP contribution is 2.48. The Kier molecular flexibility index (Phi) is 8.76. The van der Waals surface area contributed by atoms with Crippen molar-refractivity contribution in [3.05, 3.63) is 23.8 Å². The fraction of sp³-hybridized carbons (Fsp3) is 0.650. The first-order chi connectivity index (χ1) is 13.5. The van der Waals surface area contributed by atoms with Crippen LogP contribution < -0.4 is 20.1 Å². The number of benzene rings is 1. The minimum Gasteiger partial charge on any atom is -0.490 e. The van der Waals surface area contributed by atoms with Gasteiger partial charge in [-0.3, -0.25) is 0 Å². The predicted octanol–water partition coefficient (Wildman–Crippen LogP) is 3.56. The fourth-order valence-corrected chi connectivity index (χ4v) is 2.97. The quantitative estimate of drug-likeness (QED) is 0.416. The SMILES string of the molecule is CCNC(=NCc1cccc(OCC)c1OC(F)F)NCC1(CCOC)CC1. The van der Waals surface area contributed by atoms with Gasteiger partial charge in [-0.2, -0.15) is 8.78 Å². The van der Waals surface area contributed by atoms with E-state index in [0.717, 1.165) is 19.6 Å². The van der Waals surface area contributed by atoms with E-state index in [-0.39, 0.29) is 17.7 Å². The third kappa shape index (κ3) is 6.82. The first-order valence-corrected chi connectivity index (χ1v) is 9.74. The van der Waals surface area contributed by atoms with Crippen LogP contribution in [0.4, 0.5) is 8.78 Å². The lowest BCUT2D eigenvalue weighted by Gasteiger charge is -2.18. The Morgan fingerprint density at radius 3 is 2.64 bits per heavy atom. The third-order valence-electron chi connectivity index (χ3n) is 4.74. The van der Waals surface area contributed by atoms with Gasteiger partial charge in [-0.1, -0.05) is 12.1 Å². The maximum Gasteiger partial charge on any atom is 0.387 e. The molecule has 0 radical (unpaired) electrons. The molecular formula is C20H31F2N3O3. The van der Waals surface area contributed by atoms with Gasteiger partial charge in [-0.25, -0.2) is 4.99 Å². The van der Waals surface area contributed by atoms with Gasteiger partial charge in [0.25, 0.3) is 0 Å². The van der Waals surface area contributed by atoms with Gasteiger partial charge >= 0.3 is 6.61 Å². The van der Waals surface area contributed by atoms with Gasteiger partial charge in [0.05, 0.1) is 13.2 Å². The minimum absolute atomic E-state index is 0.0395. The summed E-state index contributed by atoms with van der Waals surface area (Å²) in [5, 5.41) is 6.56. The van der Waals surface area contributed by atoms with Crippen molar-refractivity contribution in [2.75, 3.05) is 33.4 Å². The Balaban J connectivity index is 2.08. The Labute approximate surface area is 165 Å². The lowest BCUT2D eigenvalue weighted by atomic mass is 10.0. The van der Waals surface area contributed by atoms with Crippen LogP contribution in [0.1, 0.15) is 38.7 Å². The number of ether oxygens (including phenoxy) is 3. The van der Waals surface area contributed by atoms with Crippen LogP contribution in [-0.4, -0.2) is 46.0 Å². The standard InChI is InChI=1S/C20H31F2N3O3/c1-4-23-19(25-14-20(9-10-20)11-12-26-3)24-13-15-7-6-8-16(27-5-2)17(15)28-18(21)22/h6-8,18H,4-5,9-14H2,1-3H3,(H2,23,24,25). The monoisotopic (exact) mass is 399 g/mol. The van der Waals surface area contributed by atoms with Gasteiger partial charge in [0, 0.05) is 32.4 Å². The molecule has 28 heavy (non-hydrogen) atoms. The van der Waals surface area contributed by atoms with E-state index in [0.29, 0.717) is 30.4 Å². The number of nitrogens with zero attached hydrogens (tertiary/aromatic N) is 1. The van der Waals surface area contributed by atoms with Crippen LogP contribution in [0, 0.1) is 5.41 Å². The third-order valence-corrected chi connectivity index (χ3v) is 4.74. The minimum atomic E-state index is -2.92. The molecule has 6 nitrogen and oxygen atoms in total.